The van der Waals surface area contributed by atoms with E-state index in [4.69, 9.17) is 9.47 Å². The normalized spacial score (nSPS) is 17.4. The van der Waals surface area contributed by atoms with E-state index in [0.717, 1.165) is 17.6 Å². The molecule has 1 aliphatic rings. The predicted molar refractivity (Wildman–Crippen MR) is 78.7 cm³/mol. The van der Waals surface area contributed by atoms with Crippen LogP contribution in [0.2, 0.25) is 0 Å². The van der Waals surface area contributed by atoms with Crippen LogP contribution in [0, 0.1) is 0 Å². The molecule has 1 saturated heterocycles. The molecule has 0 spiro atoms. The van der Waals surface area contributed by atoms with E-state index >= 15 is 0 Å². The van der Waals surface area contributed by atoms with Gasteiger partial charge in [0, 0.05) is 23.1 Å². The third-order valence-corrected chi connectivity index (χ3v) is 3.88. The number of methoxy groups -OCH3 is 1. The molecule has 20 heavy (non-hydrogen) atoms. The average Bonchev–Trinajstić information content (AvgIpc) is 2.36. The number of carboxylic acid groups (broad SMARTS) is 1. The third kappa shape index (κ3) is 3.07. The van der Waals surface area contributed by atoms with Gasteiger partial charge in [0.2, 0.25) is 0 Å². The SMILES string of the molecule is COc1cc(Br)cc(C(C)C(=O)O)c1OC1CN(C)C1. The number of ether oxygens (including phenoxy) is 2. The molecule has 0 aliphatic carbocycles. The monoisotopic (exact) mass is 343 g/mol. The first-order valence-electron chi connectivity index (χ1n) is 6.37. The number of nitrogens with zero attached hydrogens (tertiary/aromatic N) is 1. The molecular weight excluding hydrogens is 326 g/mol. The van der Waals surface area contributed by atoms with Crippen molar-refractivity contribution in [1.29, 1.82) is 0 Å². The second-order valence-corrected chi connectivity index (χ2v) is 5.96. The van der Waals surface area contributed by atoms with E-state index in [1.807, 2.05) is 7.05 Å². The van der Waals surface area contributed by atoms with E-state index < -0.39 is 11.9 Å². The van der Waals surface area contributed by atoms with Crippen molar-refractivity contribution in [3.05, 3.63) is 22.2 Å². The number of halogens is 1. The highest BCUT2D eigenvalue weighted by Crippen LogP contribution is 2.40. The van der Waals surface area contributed by atoms with E-state index in [2.05, 4.69) is 20.8 Å². The fourth-order valence-electron chi connectivity index (χ4n) is 2.20. The van der Waals surface area contributed by atoms with Gasteiger partial charge in [-0.3, -0.25) is 9.69 Å². The maximum absolute atomic E-state index is 11.3. The minimum absolute atomic E-state index is 0.0785. The summed E-state index contributed by atoms with van der Waals surface area (Å²) in [6.45, 7) is 3.31. The minimum atomic E-state index is -0.888. The Bertz CT molecular complexity index is 514. The van der Waals surface area contributed by atoms with Crippen LogP contribution in [0.3, 0.4) is 0 Å². The smallest absolute Gasteiger partial charge is 0.310 e. The molecule has 0 radical (unpaired) electrons. The van der Waals surface area contributed by atoms with Crippen LogP contribution in [0.15, 0.2) is 16.6 Å². The number of likely N-dealkylation sites (N-methyl/N-ethyl adjacent to an activating group) is 1. The van der Waals surface area contributed by atoms with Gasteiger partial charge in [0.25, 0.3) is 0 Å². The second kappa shape index (κ2) is 6.01. The lowest BCUT2D eigenvalue weighted by Crippen LogP contribution is -2.51. The van der Waals surface area contributed by atoms with E-state index in [1.54, 1.807) is 26.2 Å². The zero-order chi connectivity index (χ0) is 14.9. The molecule has 0 aromatic heterocycles. The van der Waals surface area contributed by atoms with Crippen LogP contribution in [0.5, 0.6) is 11.5 Å². The number of likely N-dealkylation sites (tertiary alicyclic amines) is 1. The molecule has 5 nitrogen and oxygen atoms in total. The number of hydrogen-bond acceptors (Lipinski definition) is 4. The summed E-state index contributed by atoms with van der Waals surface area (Å²) in [4.78, 5) is 13.4. The topological polar surface area (TPSA) is 59.0 Å². The molecule has 0 amide bonds. The number of aliphatic carboxylic acids is 1. The van der Waals surface area contributed by atoms with Crippen LogP contribution in [0.25, 0.3) is 0 Å². The zero-order valence-electron chi connectivity index (χ0n) is 11.7. The fourth-order valence-corrected chi connectivity index (χ4v) is 2.66. The van der Waals surface area contributed by atoms with Gasteiger partial charge >= 0.3 is 5.97 Å². The van der Waals surface area contributed by atoms with Crippen LogP contribution in [-0.4, -0.2) is 49.3 Å². The largest absolute Gasteiger partial charge is 0.493 e. The van der Waals surface area contributed by atoms with Gasteiger partial charge in [-0.1, -0.05) is 15.9 Å². The Labute approximate surface area is 126 Å². The lowest BCUT2D eigenvalue weighted by Gasteiger charge is -2.37. The highest BCUT2D eigenvalue weighted by atomic mass is 79.9. The summed E-state index contributed by atoms with van der Waals surface area (Å²) in [6, 6.07) is 3.56. The van der Waals surface area contributed by atoms with Gasteiger partial charge in [-0.25, -0.2) is 0 Å². The molecule has 0 bridgehead atoms. The van der Waals surface area contributed by atoms with Gasteiger partial charge in [0.1, 0.15) is 6.10 Å². The zero-order valence-corrected chi connectivity index (χ0v) is 13.3. The van der Waals surface area contributed by atoms with Gasteiger partial charge in [-0.2, -0.15) is 0 Å². The standard InChI is InChI=1S/C14H18BrNO4/c1-8(14(17)18)11-4-9(15)5-12(19-3)13(11)20-10-6-16(2)7-10/h4-5,8,10H,6-7H2,1-3H3,(H,17,18). The maximum Gasteiger partial charge on any atom is 0.310 e. The fraction of sp³-hybridized carbons (Fsp3) is 0.500. The second-order valence-electron chi connectivity index (χ2n) is 5.05. The lowest BCUT2D eigenvalue weighted by molar-refractivity contribution is -0.138. The first kappa shape index (κ1) is 15.1. The van der Waals surface area contributed by atoms with Gasteiger partial charge in [-0.15, -0.1) is 0 Å². The van der Waals surface area contributed by atoms with E-state index in [1.165, 1.54) is 0 Å². The first-order valence-corrected chi connectivity index (χ1v) is 7.17. The van der Waals surface area contributed by atoms with Crippen molar-refractivity contribution in [2.45, 2.75) is 18.9 Å². The molecule has 2 rings (SSSR count). The van der Waals surface area contributed by atoms with Crippen molar-refractivity contribution in [3.8, 4) is 11.5 Å². The maximum atomic E-state index is 11.3. The molecule has 1 aromatic rings. The van der Waals surface area contributed by atoms with Gasteiger partial charge in [0.05, 0.1) is 13.0 Å². The first-order chi connectivity index (χ1) is 9.42. The molecule has 6 heteroatoms. The summed E-state index contributed by atoms with van der Waals surface area (Å²) < 4.78 is 12.1. The van der Waals surface area contributed by atoms with E-state index in [9.17, 15) is 9.90 Å². The summed E-state index contributed by atoms with van der Waals surface area (Å²) in [5, 5.41) is 9.24. The average molecular weight is 344 g/mol. The van der Waals surface area contributed by atoms with Crippen LogP contribution in [0.4, 0.5) is 0 Å². The molecule has 1 N–H and O–H groups in total. The predicted octanol–water partition coefficient (Wildman–Crippen LogP) is 2.34. The Morgan fingerprint density at radius 2 is 2.15 bits per heavy atom. The quantitative estimate of drug-likeness (QED) is 0.889. The lowest BCUT2D eigenvalue weighted by atomic mass is 9.99. The van der Waals surface area contributed by atoms with Crippen molar-refractivity contribution in [2.24, 2.45) is 0 Å². The molecule has 1 unspecified atom stereocenters. The van der Waals surface area contributed by atoms with Crippen molar-refractivity contribution < 1.29 is 19.4 Å². The number of hydrogen-bond donors (Lipinski definition) is 1. The Morgan fingerprint density at radius 3 is 2.65 bits per heavy atom. The van der Waals surface area contributed by atoms with Crippen molar-refractivity contribution in [3.63, 3.8) is 0 Å². The van der Waals surface area contributed by atoms with Gasteiger partial charge in [-0.05, 0) is 26.1 Å². The number of benzene rings is 1. The number of rotatable bonds is 5. The van der Waals surface area contributed by atoms with Crippen molar-refractivity contribution in [2.75, 3.05) is 27.2 Å². The van der Waals surface area contributed by atoms with Crippen molar-refractivity contribution in [1.82, 2.24) is 4.90 Å². The van der Waals surface area contributed by atoms with Crippen LogP contribution < -0.4 is 9.47 Å². The molecule has 0 saturated carbocycles. The molecule has 1 heterocycles. The molecular formula is C14H18BrNO4. The van der Waals surface area contributed by atoms with Crippen molar-refractivity contribution >= 4 is 21.9 Å². The Kier molecular flexibility index (Phi) is 4.55. The minimum Gasteiger partial charge on any atom is -0.493 e. The highest BCUT2D eigenvalue weighted by Gasteiger charge is 2.29. The Morgan fingerprint density at radius 1 is 1.50 bits per heavy atom. The molecule has 1 fully saturated rings. The molecule has 1 aromatic carbocycles. The number of carbonyl (C=O) groups is 1. The van der Waals surface area contributed by atoms with Crippen LogP contribution in [-0.2, 0) is 4.79 Å². The van der Waals surface area contributed by atoms with Crippen LogP contribution in [0.1, 0.15) is 18.4 Å². The summed E-state index contributed by atoms with van der Waals surface area (Å²) >= 11 is 3.38. The van der Waals surface area contributed by atoms with Gasteiger partial charge in [0.15, 0.2) is 11.5 Å². The van der Waals surface area contributed by atoms with Crippen LogP contribution >= 0.6 is 15.9 Å². The molecule has 1 aliphatic heterocycles. The summed E-state index contributed by atoms with van der Waals surface area (Å²) in [6.07, 6.45) is 0.0785. The summed E-state index contributed by atoms with van der Waals surface area (Å²) in [5.41, 5.74) is 0.623. The molecule has 1 atom stereocenters. The van der Waals surface area contributed by atoms with E-state index in [-0.39, 0.29) is 6.10 Å². The Hall–Kier alpha value is -1.27. The Balaban J connectivity index is 2.36. The van der Waals surface area contributed by atoms with E-state index in [0.29, 0.717) is 17.1 Å². The summed E-state index contributed by atoms with van der Waals surface area (Å²) in [5.74, 6) is -0.462. The number of carboxylic acids is 1. The molecule has 110 valence electrons. The highest BCUT2D eigenvalue weighted by molar-refractivity contribution is 9.10. The van der Waals surface area contributed by atoms with Gasteiger partial charge < -0.3 is 14.6 Å². The third-order valence-electron chi connectivity index (χ3n) is 3.42. The summed E-state index contributed by atoms with van der Waals surface area (Å²) in [7, 11) is 3.57.